The van der Waals surface area contributed by atoms with Gasteiger partial charge in [-0.15, -0.1) is 11.3 Å². The average molecular weight is 385 g/mol. The highest BCUT2D eigenvalue weighted by molar-refractivity contribution is 7.09. The summed E-state index contributed by atoms with van der Waals surface area (Å²) >= 11 is 1.54. The summed E-state index contributed by atoms with van der Waals surface area (Å²) in [7, 11) is 0. The van der Waals surface area contributed by atoms with E-state index < -0.39 is 0 Å². The summed E-state index contributed by atoms with van der Waals surface area (Å²) < 4.78 is 11.1. The van der Waals surface area contributed by atoms with Crippen LogP contribution in [0.4, 0.5) is 0 Å². The molecule has 2 aromatic heterocycles. The number of carbonyl (C=O) groups excluding carboxylic acids is 1. The van der Waals surface area contributed by atoms with Crippen LogP contribution in [0.5, 0.6) is 5.75 Å². The number of amides is 1. The molecular weight excluding hydrogens is 360 g/mol. The summed E-state index contributed by atoms with van der Waals surface area (Å²) in [5.41, 5.74) is 3.20. The van der Waals surface area contributed by atoms with Gasteiger partial charge in [-0.2, -0.15) is 0 Å². The van der Waals surface area contributed by atoms with E-state index in [0.717, 1.165) is 16.5 Å². The van der Waals surface area contributed by atoms with Crippen LogP contribution in [-0.4, -0.2) is 21.8 Å². The van der Waals surface area contributed by atoms with Crippen LogP contribution in [0.2, 0.25) is 0 Å². The van der Waals surface area contributed by atoms with Gasteiger partial charge in [0.15, 0.2) is 5.76 Å². The van der Waals surface area contributed by atoms with Crippen LogP contribution in [0.25, 0.3) is 0 Å². The minimum Gasteiger partial charge on any atom is -0.486 e. The number of rotatable bonds is 7. The lowest BCUT2D eigenvalue weighted by atomic mass is 10.1. The monoisotopic (exact) mass is 384 g/mol. The highest BCUT2D eigenvalue weighted by atomic mass is 32.1. The van der Waals surface area contributed by atoms with Crippen molar-refractivity contribution in [1.29, 1.82) is 0 Å². The summed E-state index contributed by atoms with van der Waals surface area (Å²) in [6, 6.07) is 9.59. The minimum absolute atomic E-state index is 0.0410. The van der Waals surface area contributed by atoms with E-state index in [1.807, 2.05) is 31.4 Å². The van der Waals surface area contributed by atoms with Crippen molar-refractivity contribution in [3.05, 3.63) is 69.6 Å². The van der Waals surface area contributed by atoms with E-state index in [4.69, 9.17) is 9.15 Å². The first-order chi connectivity index (χ1) is 12.9. The first-order valence-electron chi connectivity index (χ1n) is 8.91. The largest absolute Gasteiger partial charge is 0.486 e. The van der Waals surface area contributed by atoms with Crippen LogP contribution >= 0.6 is 11.3 Å². The number of hydrogen-bond donors (Lipinski definition) is 0. The van der Waals surface area contributed by atoms with Crippen molar-refractivity contribution in [2.45, 2.75) is 46.9 Å². The molecule has 0 N–H and O–H groups in total. The second-order valence-corrected chi connectivity index (χ2v) is 7.79. The zero-order valence-corrected chi connectivity index (χ0v) is 16.9. The van der Waals surface area contributed by atoms with E-state index in [0.29, 0.717) is 18.9 Å². The molecule has 0 aliphatic rings. The Kier molecular flexibility index (Phi) is 5.96. The highest BCUT2D eigenvalue weighted by Crippen LogP contribution is 2.20. The molecule has 0 bridgehead atoms. The van der Waals surface area contributed by atoms with E-state index in [9.17, 15) is 4.79 Å². The molecule has 0 radical (unpaired) electrons. The van der Waals surface area contributed by atoms with E-state index in [1.165, 1.54) is 17.4 Å². The number of nitrogens with zero attached hydrogens (tertiary/aromatic N) is 2. The third-order valence-electron chi connectivity index (χ3n) is 4.11. The SMILES string of the molecule is Cc1cc(C)cc(OCc2nc(CN(C(=O)c3ccco3)C(C)C)cs2)c1. The van der Waals surface area contributed by atoms with Gasteiger partial charge >= 0.3 is 0 Å². The lowest BCUT2D eigenvalue weighted by molar-refractivity contribution is 0.0655. The number of furan rings is 1. The Balaban J connectivity index is 1.64. The number of aryl methyl sites for hydroxylation is 2. The Bertz CT molecular complexity index is 880. The van der Waals surface area contributed by atoms with Gasteiger partial charge in [0.05, 0.1) is 18.5 Å². The molecule has 3 aromatic rings. The van der Waals surface area contributed by atoms with E-state index in [1.54, 1.807) is 28.4 Å². The molecule has 0 saturated heterocycles. The van der Waals surface area contributed by atoms with Crippen LogP contribution in [-0.2, 0) is 13.2 Å². The van der Waals surface area contributed by atoms with Crippen molar-refractivity contribution in [2.24, 2.45) is 0 Å². The molecule has 0 aliphatic carbocycles. The predicted molar refractivity (Wildman–Crippen MR) is 106 cm³/mol. The number of ether oxygens (including phenoxy) is 1. The fourth-order valence-electron chi connectivity index (χ4n) is 2.85. The number of carbonyl (C=O) groups is 1. The zero-order valence-electron chi connectivity index (χ0n) is 16.1. The fraction of sp³-hybridized carbons (Fsp3) is 0.333. The summed E-state index contributed by atoms with van der Waals surface area (Å²) in [6.07, 6.45) is 1.51. The van der Waals surface area contributed by atoms with Gasteiger partial charge in [0.25, 0.3) is 5.91 Å². The predicted octanol–water partition coefficient (Wildman–Crippen LogP) is 4.98. The maximum atomic E-state index is 12.6. The van der Waals surface area contributed by atoms with E-state index in [2.05, 4.69) is 24.9 Å². The Morgan fingerprint density at radius 2 is 2.00 bits per heavy atom. The number of benzene rings is 1. The van der Waals surface area contributed by atoms with Crippen LogP contribution in [0.15, 0.2) is 46.4 Å². The van der Waals surface area contributed by atoms with Crippen LogP contribution in [0.3, 0.4) is 0 Å². The normalized spacial score (nSPS) is 11.0. The van der Waals surface area contributed by atoms with Crippen LogP contribution < -0.4 is 4.74 Å². The quantitative estimate of drug-likeness (QED) is 0.576. The topological polar surface area (TPSA) is 55.6 Å². The number of aromatic nitrogens is 1. The molecule has 142 valence electrons. The lowest BCUT2D eigenvalue weighted by Gasteiger charge is -2.24. The smallest absolute Gasteiger partial charge is 0.290 e. The molecular formula is C21H24N2O3S. The fourth-order valence-corrected chi connectivity index (χ4v) is 3.55. The molecule has 1 aromatic carbocycles. The number of thiazole rings is 1. The second kappa shape index (κ2) is 8.39. The first kappa shape index (κ1) is 19.2. The summed E-state index contributed by atoms with van der Waals surface area (Å²) in [5, 5.41) is 2.86. The van der Waals surface area contributed by atoms with Gasteiger partial charge in [-0.25, -0.2) is 4.98 Å². The summed E-state index contributed by atoms with van der Waals surface area (Å²) in [6.45, 7) is 8.93. The molecule has 2 heterocycles. The van der Waals surface area contributed by atoms with Crippen molar-refractivity contribution in [1.82, 2.24) is 9.88 Å². The molecule has 0 unspecified atom stereocenters. The first-order valence-corrected chi connectivity index (χ1v) is 9.79. The maximum absolute atomic E-state index is 12.6. The summed E-state index contributed by atoms with van der Waals surface area (Å²) in [4.78, 5) is 19.0. The third-order valence-corrected chi connectivity index (χ3v) is 4.98. The van der Waals surface area contributed by atoms with Gasteiger partial charge in [0.1, 0.15) is 17.4 Å². The van der Waals surface area contributed by atoms with Gasteiger partial charge in [-0.05, 0) is 63.1 Å². The van der Waals surface area contributed by atoms with Gasteiger partial charge in [-0.3, -0.25) is 4.79 Å². The van der Waals surface area contributed by atoms with Gasteiger partial charge in [0, 0.05) is 11.4 Å². The molecule has 0 aliphatic heterocycles. The molecule has 0 fully saturated rings. The Labute approximate surface area is 163 Å². The van der Waals surface area contributed by atoms with Gasteiger partial charge in [-0.1, -0.05) is 6.07 Å². The van der Waals surface area contributed by atoms with E-state index in [-0.39, 0.29) is 11.9 Å². The maximum Gasteiger partial charge on any atom is 0.290 e. The second-order valence-electron chi connectivity index (χ2n) is 6.85. The zero-order chi connectivity index (χ0) is 19.4. The molecule has 0 saturated carbocycles. The minimum atomic E-state index is -0.129. The Morgan fingerprint density at radius 1 is 1.26 bits per heavy atom. The average Bonchev–Trinajstić information content (AvgIpc) is 3.28. The van der Waals surface area contributed by atoms with Crippen molar-refractivity contribution in [3.8, 4) is 5.75 Å². The van der Waals surface area contributed by atoms with Gasteiger partial charge < -0.3 is 14.1 Å². The molecule has 1 amide bonds. The standard InChI is InChI=1S/C21H24N2O3S/c1-14(2)23(21(24)19-6-5-7-25-19)11-17-13-27-20(22-17)12-26-18-9-15(3)8-16(4)10-18/h5-10,13-14H,11-12H2,1-4H3. The van der Waals surface area contributed by atoms with Crippen molar-refractivity contribution < 1.29 is 13.9 Å². The molecule has 0 atom stereocenters. The van der Waals surface area contributed by atoms with Crippen molar-refractivity contribution in [2.75, 3.05) is 0 Å². The molecule has 5 nitrogen and oxygen atoms in total. The third kappa shape index (κ3) is 4.98. The van der Waals surface area contributed by atoms with Crippen molar-refractivity contribution >= 4 is 17.2 Å². The Morgan fingerprint density at radius 3 is 2.63 bits per heavy atom. The molecule has 3 rings (SSSR count). The lowest BCUT2D eigenvalue weighted by Crippen LogP contribution is -2.36. The Hall–Kier alpha value is -2.60. The molecule has 27 heavy (non-hydrogen) atoms. The van der Waals surface area contributed by atoms with Gasteiger partial charge in [0.2, 0.25) is 0 Å². The van der Waals surface area contributed by atoms with E-state index >= 15 is 0 Å². The van der Waals surface area contributed by atoms with Crippen molar-refractivity contribution in [3.63, 3.8) is 0 Å². The molecule has 0 spiro atoms. The molecule has 6 heteroatoms. The number of hydrogen-bond acceptors (Lipinski definition) is 5. The summed E-state index contributed by atoms with van der Waals surface area (Å²) in [5.74, 6) is 1.06. The van der Waals surface area contributed by atoms with Crippen LogP contribution in [0, 0.1) is 13.8 Å². The van der Waals surface area contributed by atoms with Crippen LogP contribution in [0.1, 0.15) is 46.2 Å². The highest BCUT2D eigenvalue weighted by Gasteiger charge is 2.22.